The van der Waals surface area contributed by atoms with Crippen molar-refractivity contribution in [3.63, 3.8) is 0 Å². The first-order valence-corrected chi connectivity index (χ1v) is 29.3. The summed E-state index contributed by atoms with van der Waals surface area (Å²) in [5.74, 6) is 0.330. The van der Waals surface area contributed by atoms with Gasteiger partial charge in [0.05, 0.1) is 0 Å². The van der Waals surface area contributed by atoms with E-state index in [1.165, 1.54) is 96.6 Å². The number of allylic oxidation sites excluding steroid dienone is 4. The third kappa shape index (κ3) is 7.39. The third-order valence-electron chi connectivity index (χ3n) is 14.3. The molecule has 0 nitrogen and oxygen atoms in total. The van der Waals surface area contributed by atoms with E-state index in [-0.39, 0.29) is 41.1 Å². The molecule has 5 aromatic carbocycles. The summed E-state index contributed by atoms with van der Waals surface area (Å²) in [4.78, 5) is 0. The van der Waals surface area contributed by atoms with Crippen LogP contribution in [0.15, 0.2) is 124 Å². The number of benzene rings is 5. The average Bonchev–Trinajstić information content (AvgIpc) is 3.75. The van der Waals surface area contributed by atoms with Crippen LogP contribution in [0.4, 0.5) is 0 Å². The Balaban J connectivity index is 0.00000283. The molecule has 8 rings (SSSR count). The van der Waals surface area contributed by atoms with Crippen LogP contribution in [0.3, 0.4) is 0 Å². The second-order valence-corrected chi connectivity index (χ2v) is 34.6. The van der Waals surface area contributed by atoms with E-state index >= 15 is 0 Å². The van der Waals surface area contributed by atoms with Crippen LogP contribution >= 0.6 is 24.8 Å². The molecule has 0 bridgehead atoms. The van der Waals surface area contributed by atoms with Crippen molar-refractivity contribution < 1.29 is 18.3 Å². The van der Waals surface area contributed by atoms with Gasteiger partial charge in [0.2, 0.25) is 0 Å². The normalized spacial score (nSPS) is 17.7. The summed E-state index contributed by atoms with van der Waals surface area (Å²) >= 11 is -4.81. The van der Waals surface area contributed by atoms with Crippen molar-refractivity contribution in [2.45, 2.75) is 116 Å². The van der Waals surface area contributed by atoms with Crippen LogP contribution in [0.1, 0.15) is 115 Å². The molecule has 0 heterocycles. The Morgan fingerprint density at radius 3 is 1.79 bits per heavy atom. The van der Waals surface area contributed by atoms with Crippen molar-refractivity contribution in [2.75, 3.05) is 0 Å². The van der Waals surface area contributed by atoms with Crippen molar-refractivity contribution in [1.29, 1.82) is 0 Å². The van der Waals surface area contributed by atoms with Crippen LogP contribution in [0.25, 0.3) is 33.4 Å². The van der Waals surface area contributed by atoms with Crippen LogP contribution in [0, 0.1) is 18.3 Å². The molecule has 1 unspecified atom stereocenters. The van der Waals surface area contributed by atoms with Gasteiger partial charge in [-0.05, 0) is 0 Å². The van der Waals surface area contributed by atoms with Gasteiger partial charge in [0.25, 0.3) is 0 Å². The zero-order chi connectivity index (χ0) is 39.9. The molecule has 1 atom stereocenters. The molecule has 0 spiro atoms. The van der Waals surface area contributed by atoms with Gasteiger partial charge >= 0.3 is 342 Å². The number of hydrogen-bond acceptors (Lipinski definition) is 0. The fraction of sp³-hybridized carbons (Fsp3) is 0.364. The molecule has 3 aliphatic rings. The maximum absolute atomic E-state index is 5.89. The van der Waals surface area contributed by atoms with Gasteiger partial charge in [-0.2, -0.15) is 0 Å². The standard InChI is InChI=1S/C33H33.C13H19.C7H7.CH3.CH2.2ClH.Zr/c1-32(2,3)30-20-26-24(18-28(30)22-13-9-7-10-14-22)17-25-19-29(23-15-11-8-12-16-23)31(21-27(25)26)33(4,5)6;1-11-6-7-12(10-11)13(2)8-4-3-5-9-13;1-7-5-3-2-4-6-7;;;;;/h7-16,18,20-21H,17H2,1-6H3;7,10-11H,3-5,8-9H2,1-2H3;3-6H,1H3;1H3;1H2;2*1H;. The molecule has 0 aromatic heterocycles. The molecule has 1 saturated carbocycles. The second-order valence-electron chi connectivity index (χ2n) is 20.7. The third-order valence-corrected chi connectivity index (χ3v) is 28.9. The van der Waals surface area contributed by atoms with E-state index in [1.54, 1.807) is 12.1 Å². The molecule has 3 aliphatic carbocycles. The van der Waals surface area contributed by atoms with E-state index in [0.717, 1.165) is 6.42 Å². The van der Waals surface area contributed by atoms with E-state index in [9.17, 15) is 0 Å². The maximum atomic E-state index is 5.89. The summed E-state index contributed by atoms with van der Waals surface area (Å²) in [5.41, 5.74) is 17.1. The first-order valence-electron chi connectivity index (χ1n) is 21.5. The summed E-state index contributed by atoms with van der Waals surface area (Å²) in [6, 6.07) is 39.9. The van der Waals surface area contributed by atoms with Crippen molar-refractivity contribution in [1.82, 2.24) is 0 Å². The van der Waals surface area contributed by atoms with E-state index in [4.69, 9.17) is 4.21 Å². The van der Waals surface area contributed by atoms with E-state index in [1.807, 2.05) is 0 Å². The topological polar surface area (TPSA) is 0 Å². The Morgan fingerprint density at radius 1 is 0.672 bits per heavy atom. The van der Waals surface area contributed by atoms with Gasteiger partial charge < -0.3 is 0 Å². The van der Waals surface area contributed by atoms with Crippen LogP contribution in [0.5, 0.6) is 0 Å². The molecular formula is C55H66Cl2Zr. The van der Waals surface area contributed by atoms with Crippen LogP contribution < -0.4 is 6.54 Å². The molecule has 0 radical (unpaired) electrons. The van der Waals surface area contributed by atoms with Gasteiger partial charge in [-0.15, -0.1) is 24.8 Å². The van der Waals surface area contributed by atoms with Gasteiger partial charge in [-0.1, -0.05) is 0 Å². The van der Waals surface area contributed by atoms with Crippen molar-refractivity contribution in [3.05, 3.63) is 152 Å². The number of rotatable bonds is 6. The van der Waals surface area contributed by atoms with Crippen LogP contribution in [0.2, 0.25) is 4.63 Å². The van der Waals surface area contributed by atoms with Gasteiger partial charge in [0.1, 0.15) is 0 Å². The number of fused-ring (bicyclic) bond motifs is 3. The number of halogens is 2. The molecule has 0 saturated heterocycles. The minimum atomic E-state index is -4.81. The Hall–Kier alpha value is -3.09. The first-order chi connectivity index (χ1) is 26.4. The predicted octanol–water partition coefficient (Wildman–Crippen LogP) is 14.9. The van der Waals surface area contributed by atoms with Gasteiger partial charge in [0, 0.05) is 0 Å². The van der Waals surface area contributed by atoms with E-state index in [2.05, 4.69) is 182 Å². The Morgan fingerprint density at radius 2 is 1.22 bits per heavy atom. The summed E-state index contributed by atoms with van der Waals surface area (Å²) in [5, 5.41) is 0. The van der Waals surface area contributed by atoms with Gasteiger partial charge in [0.15, 0.2) is 0 Å². The summed E-state index contributed by atoms with van der Waals surface area (Å²) < 4.78 is 13.3. The number of hydrogen-bond donors (Lipinski definition) is 0. The summed E-state index contributed by atoms with van der Waals surface area (Å²) in [7, 11) is 0. The molecule has 5 aromatic rings. The fourth-order valence-corrected chi connectivity index (χ4v) is 25.4. The Kier molecular flexibility index (Phi) is 12.1. The van der Waals surface area contributed by atoms with Gasteiger partial charge in [-0.25, -0.2) is 0 Å². The Labute approximate surface area is 364 Å². The average molecular weight is 889 g/mol. The van der Waals surface area contributed by atoms with Crippen molar-refractivity contribution in [3.8, 4) is 33.4 Å². The molecule has 0 aliphatic heterocycles. The molecule has 58 heavy (non-hydrogen) atoms. The molecule has 0 amide bonds. The van der Waals surface area contributed by atoms with E-state index < -0.39 is 18.3 Å². The number of aryl methyl sites for hydroxylation is 1. The fourth-order valence-electron chi connectivity index (χ4n) is 11.1. The van der Waals surface area contributed by atoms with Gasteiger partial charge in [-0.3, -0.25) is 0 Å². The van der Waals surface area contributed by atoms with E-state index in [0.29, 0.717) is 5.92 Å². The van der Waals surface area contributed by atoms with Crippen LogP contribution in [-0.2, 0) is 35.5 Å². The van der Waals surface area contributed by atoms with Crippen LogP contribution in [-0.4, -0.2) is 4.21 Å². The molecule has 0 N–H and O–H groups in total. The second kappa shape index (κ2) is 15.7. The quantitative estimate of drug-likeness (QED) is 0.156. The zero-order valence-corrected chi connectivity index (χ0v) is 40.9. The van der Waals surface area contributed by atoms with Crippen molar-refractivity contribution >= 4 is 35.6 Å². The SMILES string of the molecule is Cl.Cl.[CH2]=[Zr]([CH3])([C]1=CC(C2(C)CCCCC2)=CC1C)([c]1ccc(C)cc1)[c]1c2c(cc(C(C)(C)C)c1-c1ccccc1)-c1cc(C(C)(C)C)c(-c3ccccc3)cc1C2. The first kappa shape index (κ1) is 44.5. The predicted molar refractivity (Wildman–Crippen MR) is 257 cm³/mol. The summed E-state index contributed by atoms with van der Waals surface area (Å²) in [6.07, 6.45) is 12.9. The molecule has 1 fully saturated rings. The van der Waals surface area contributed by atoms with Crippen molar-refractivity contribution in [2.24, 2.45) is 11.3 Å². The Bertz CT molecular complexity index is 2460. The molecule has 3 heteroatoms. The molecule has 304 valence electrons. The zero-order valence-electron chi connectivity index (χ0n) is 36.8. The summed E-state index contributed by atoms with van der Waals surface area (Å²) in [6.45, 7) is 21.7. The molecular weight excluding hydrogens is 823 g/mol. The monoisotopic (exact) mass is 886 g/mol. The minimum absolute atomic E-state index is 0.